The number of rotatable bonds is 5. The zero-order valence-electron chi connectivity index (χ0n) is 14.1. The maximum Gasteiger partial charge on any atom is 0.343 e. The highest BCUT2D eigenvalue weighted by Crippen LogP contribution is 2.44. The molecule has 7 heteroatoms. The monoisotopic (exact) mass is 346 g/mol. The van der Waals surface area contributed by atoms with Crippen LogP contribution in [0.3, 0.4) is 0 Å². The number of ether oxygens (including phenoxy) is 3. The average Bonchev–Trinajstić information content (AvgIpc) is 2.91. The molecule has 0 aliphatic carbocycles. The fourth-order valence-electron chi connectivity index (χ4n) is 2.89. The molecule has 0 amide bonds. The molecule has 0 bridgehead atoms. The van der Waals surface area contributed by atoms with Gasteiger partial charge in [0, 0.05) is 12.5 Å². The third-order valence-electron chi connectivity index (χ3n) is 3.99. The van der Waals surface area contributed by atoms with Crippen LogP contribution < -0.4 is 14.9 Å². The Kier molecular flexibility index (Phi) is 4.50. The fraction of sp³-hybridized carbons (Fsp3) is 0.333. The minimum atomic E-state index is -0.940. The number of cyclic esters (lactones) is 1. The molecule has 1 aromatic carbocycles. The van der Waals surface area contributed by atoms with Gasteiger partial charge in [-0.25, -0.2) is 4.79 Å². The molecule has 1 N–H and O–H groups in total. The first-order chi connectivity index (χ1) is 12.0. The van der Waals surface area contributed by atoms with Crippen molar-refractivity contribution >= 4 is 5.97 Å². The summed E-state index contributed by atoms with van der Waals surface area (Å²) < 4.78 is 21.4. The van der Waals surface area contributed by atoms with Crippen molar-refractivity contribution in [1.82, 2.24) is 0 Å². The lowest BCUT2D eigenvalue weighted by molar-refractivity contribution is 0.0448. The van der Waals surface area contributed by atoms with Crippen LogP contribution >= 0.6 is 0 Å². The summed E-state index contributed by atoms with van der Waals surface area (Å²) in [5.74, 6) is 0.520. The number of hydrogen-bond donors (Lipinski definition) is 1. The smallest absolute Gasteiger partial charge is 0.343 e. The third-order valence-corrected chi connectivity index (χ3v) is 3.99. The van der Waals surface area contributed by atoms with Crippen molar-refractivity contribution in [2.45, 2.75) is 25.6 Å². The number of carbonyl (C=O) groups excluding carboxylic acids is 1. The van der Waals surface area contributed by atoms with E-state index in [1.165, 1.54) is 26.5 Å². The summed E-state index contributed by atoms with van der Waals surface area (Å²) in [6.07, 6.45) is -0.104. The maximum atomic E-state index is 12.5. The van der Waals surface area contributed by atoms with Gasteiger partial charge >= 0.3 is 5.97 Å². The average molecular weight is 346 g/mol. The van der Waals surface area contributed by atoms with E-state index in [4.69, 9.17) is 18.6 Å². The van der Waals surface area contributed by atoms with Crippen LogP contribution in [0, 0.1) is 0 Å². The van der Waals surface area contributed by atoms with Crippen molar-refractivity contribution in [2.24, 2.45) is 0 Å². The van der Waals surface area contributed by atoms with Gasteiger partial charge in [-0.2, -0.15) is 0 Å². The largest absolute Gasteiger partial charge is 0.496 e. The number of aliphatic hydroxyl groups is 1. The van der Waals surface area contributed by atoms with E-state index in [9.17, 15) is 14.7 Å². The van der Waals surface area contributed by atoms with Crippen LogP contribution in [0.5, 0.6) is 11.5 Å². The van der Waals surface area contributed by atoms with E-state index in [0.29, 0.717) is 22.8 Å². The number of carbonyl (C=O) groups is 1. The Balaban J connectivity index is 2.11. The maximum absolute atomic E-state index is 12.5. The molecular weight excluding hydrogens is 328 g/mol. The van der Waals surface area contributed by atoms with E-state index in [0.717, 1.165) is 0 Å². The molecule has 2 aromatic rings. The lowest BCUT2D eigenvalue weighted by Crippen LogP contribution is -2.16. The molecule has 3 rings (SSSR count). The van der Waals surface area contributed by atoms with Gasteiger partial charge in [0.25, 0.3) is 0 Å². The zero-order valence-corrected chi connectivity index (χ0v) is 14.1. The third kappa shape index (κ3) is 2.98. The van der Waals surface area contributed by atoms with E-state index in [1.807, 2.05) is 0 Å². The second kappa shape index (κ2) is 6.60. The fourth-order valence-corrected chi connectivity index (χ4v) is 2.89. The topological polar surface area (TPSA) is 95.2 Å². The number of aliphatic hydroxyl groups excluding tert-OH is 1. The number of methoxy groups -OCH3 is 2. The molecule has 0 spiro atoms. The first kappa shape index (κ1) is 17.0. The molecule has 0 saturated heterocycles. The molecule has 1 aliphatic rings. The molecule has 132 valence electrons. The number of fused-ring (bicyclic) bond motifs is 1. The minimum Gasteiger partial charge on any atom is -0.496 e. The molecule has 2 unspecified atom stereocenters. The van der Waals surface area contributed by atoms with Crippen molar-refractivity contribution in [3.8, 4) is 11.5 Å². The van der Waals surface area contributed by atoms with Crippen molar-refractivity contribution < 1.29 is 28.5 Å². The molecule has 0 radical (unpaired) electrons. The summed E-state index contributed by atoms with van der Waals surface area (Å²) in [7, 11) is 2.91. The van der Waals surface area contributed by atoms with Gasteiger partial charge in [0.05, 0.1) is 31.5 Å². The summed E-state index contributed by atoms with van der Waals surface area (Å²) in [4.78, 5) is 24.8. The summed E-state index contributed by atoms with van der Waals surface area (Å²) in [5, 5.41) is 9.41. The molecule has 0 saturated carbocycles. The second-order valence-electron chi connectivity index (χ2n) is 5.76. The van der Waals surface area contributed by atoms with Crippen LogP contribution in [0.2, 0.25) is 0 Å². The highest BCUT2D eigenvalue weighted by atomic mass is 16.6. The highest BCUT2D eigenvalue weighted by Gasteiger charge is 2.39. The summed E-state index contributed by atoms with van der Waals surface area (Å²) >= 11 is 0. The highest BCUT2D eigenvalue weighted by molar-refractivity contribution is 5.98. The van der Waals surface area contributed by atoms with E-state index in [2.05, 4.69) is 0 Å². The first-order valence-electron chi connectivity index (χ1n) is 7.71. The van der Waals surface area contributed by atoms with Crippen molar-refractivity contribution in [2.75, 3.05) is 14.2 Å². The summed E-state index contributed by atoms with van der Waals surface area (Å²) in [6, 6.07) is 4.55. The van der Waals surface area contributed by atoms with Gasteiger partial charge in [0.2, 0.25) is 0 Å². The molecule has 1 aromatic heterocycles. The zero-order chi connectivity index (χ0) is 18.1. The summed E-state index contributed by atoms with van der Waals surface area (Å²) in [5.41, 5.74) is 0.493. The Bertz CT molecular complexity index is 866. The Morgan fingerprint density at radius 2 is 1.88 bits per heavy atom. The van der Waals surface area contributed by atoms with E-state index in [-0.39, 0.29) is 23.0 Å². The van der Waals surface area contributed by atoms with Gasteiger partial charge in [0.15, 0.2) is 11.5 Å². The van der Waals surface area contributed by atoms with Gasteiger partial charge in [-0.3, -0.25) is 4.79 Å². The lowest BCUT2D eigenvalue weighted by Gasteiger charge is -2.14. The SMILES string of the molecule is COc1ccc(OC)c2c1C(=O)OC2c1coc(CC(C)O)cc1=O. The van der Waals surface area contributed by atoms with Gasteiger partial charge in [-0.05, 0) is 19.1 Å². The quantitative estimate of drug-likeness (QED) is 0.825. The van der Waals surface area contributed by atoms with E-state index >= 15 is 0 Å². The number of hydrogen-bond acceptors (Lipinski definition) is 7. The van der Waals surface area contributed by atoms with E-state index in [1.54, 1.807) is 19.1 Å². The van der Waals surface area contributed by atoms with Gasteiger partial charge < -0.3 is 23.7 Å². The van der Waals surface area contributed by atoms with Crippen molar-refractivity contribution in [3.05, 3.63) is 57.1 Å². The molecule has 25 heavy (non-hydrogen) atoms. The van der Waals surface area contributed by atoms with Crippen LogP contribution in [0.1, 0.15) is 40.3 Å². The van der Waals surface area contributed by atoms with Crippen molar-refractivity contribution in [1.29, 1.82) is 0 Å². The molecular formula is C18H18O7. The lowest BCUT2D eigenvalue weighted by atomic mass is 9.98. The molecule has 0 fully saturated rings. The van der Waals surface area contributed by atoms with Crippen LogP contribution in [0.4, 0.5) is 0 Å². The van der Waals surface area contributed by atoms with Crippen LogP contribution in [0.25, 0.3) is 0 Å². The molecule has 2 heterocycles. The Morgan fingerprint density at radius 3 is 2.48 bits per heavy atom. The standard InChI is InChI=1S/C18H18O7/c1-9(19)6-10-7-12(20)11(8-24-10)17-15-13(22-2)4-5-14(23-3)16(15)18(21)25-17/h4-5,7-9,17,19H,6H2,1-3H3. The number of esters is 1. The summed E-state index contributed by atoms with van der Waals surface area (Å²) in [6.45, 7) is 1.60. The Hall–Kier alpha value is -2.80. The predicted molar refractivity (Wildman–Crippen MR) is 87.2 cm³/mol. The predicted octanol–water partition coefficient (Wildman–Crippen LogP) is 1.84. The van der Waals surface area contributed by atoms with Crippen LogP contribution in [-0.4, -0.2) is 31.4 Å². The van der Waals surface area contributed by atoms with Crippen molar-refractivity contribution in [3.63, 3.8) is 0 Å². The first-order valence-corrected chi connectivity index (χ1v) is 7.71. The second-order valence-corrected chi connectivity index (χ2v) is 5.76. The van der Waals surface area contributed by atoms with E-state index < -0.39 is 18.2 Å². The van der Waals surface area contributed by atoms with Gasteiger partial charge in [-0.15, -0.1) is 0 Å². The van der Waals surface area contributed by atoms with Gasteiger partial charge in [-0.1, -0.05) is 0 Å². The Morgan fingerprint density at radius 1 is 1.20 bits per heavy atom. The molecule has 1 aliphatic heterocycles. The van der Waals surface area contributed by atoms with Crippen LogP contribution in [0.15, 0.2) is 33.7 Å². The number of benzene rings is 1. The van der Waals surface area contributed by atoms with Gasteiger partial charge in [0.1, 0.15) is 29.1 Å². The van der Waals surface area contributed by atoms with Crippen LogP contribution in [-0.2, 0) is 11.2 Å². The normalized spacial score (nSPS) is 17.0. The molecule has 2 atom stereocenters. The molecule has 7 nitrogen and oxygen atoms in total. The minimum absolute atomic E-state index is 0.174. The Labute approximate surface area is 143 Å².